The van der Waals surface area contributed by atoms with Crippen LogP contribution in [0.15, 0.2) is 24.4 Å². The quantitative estimate of drug-likeness (QED) is 0.442. The second kappa shape index (κ2) is 10.7. The maximum atomic E-state index is 13.2. The molecule has 3 aromatic rings. The number of aryl methyl sites for hydroxylation is 2. The predicted molar refractivity (Wildman–Crippen MR) is 122 cm³/mol. The van der Waals surface area contributed by atoms with Crippen LogP contribution in [-0.4, -0.2) is 59.2 Å². The number of aromatic nitrogens is 3. The molecule has 0 aliphatic heterocycles. The van der Waals surface area contributed by atoms with E-state index in [0.717, 1.165) is 22.5 Å². The lowest BCUT2D eigenvalue weighted by atomic mass is 10.1. The van der Waals surface area contributed by atoms with Gasteiger partial charge in [0.2, 0.25) is 5.91 Å². The molecule has 34 heavy (non-hydrogen) atoms. The molecule has 1 aromatic carbocycles. The zero-order chi connectivity index (χ0) is 24.8. The van der Waals surface area contributed by atoms with Gasteiger partial charge in [-0.05, 0) is 43.5 Å². The maximum Gasteiger partial charge on any atom is 0.325 e. The van der Waals surface area contributed by atoms with Crippen LogP contribution in [0.5, 0.6) is 11.5 Å². The van der Waals surface area contributed by atoms with Gasteiger partial charge in [0, 0.05) is 30.4 Å². The number of amides is 1. The summed E-state index contributed by atoms with van der Waals surface area (Å²) >= 11 is 0. The minimum Gasteiger partial charge on any atom is -0.497 e. The van der Waals surface area contributed by atoms with Crippen LogP contribution in [0.1, 0.15) is 34.5 Å². The fourth-order valence-electron chi connectivity index (χ4n) is 3.77. The topological polar surface area (TPSA) is 119 Å². The van der Waals surface area contributed by atoms with E-state index in [-0.39, 0.29) is 25.4 Å². The maximum absolute atomic E-state index is 13.2. The minimum atomic E-state index is -0.515. The number of fused-ring (bicyclic) bond motifs is 1. The molecular formula is C24H27N5O5. The highest BCUT2D eigenvalue weighted by molar-refractivity contribution is 5.82. The Bertz CT molecular complexity index is 1240. The Morgan fingerprint density at radius 2 is 1.79 bits per heavy atom. The van der Waals surface area contributed by atoms with Crippen molar-refractivity contribution in [3.05, 3.63) is 52.5 Å². The SMILES string of the molecule is COC(=O)CN(Cc1cc(OC)cc(OC)c1)C(=O)CCc1c(C)nc2c(C#N)cnn2c1C. The standard InChI is InChI=1S/C24H27N5O5/c1-15-21(16(2)29-24(27-15)18(11-25)12-26-29)6-7-22(30)28(14-23(31)34-5)13-17-8-19(32-3)10-20(9-17)33-4/h8-10,12H,6-7,13-14H2,1-5H3. The Morgan fingerprint density at radius 3 is 2.38 bits per heavy atom. The molecule has 0 N–H and O–H groups in total. The third-order valence-electron chi connectivity index (χ3n) is 5.60. The number of carbonyl (C=O) groups excluding carboxylic acids is 2. The van der Waals surface area contributed by atoms with Crippen molar-refractivity contribution in [1.82, 2.24) is 19.5 Å². The molecule has 0 aliphatic rings. The monoisotopic (exact) mass is 465 g/mol. The second-order valence-corrected chi connectivity index (χ2v) is 7.71. The van der Waals surface area contributed by atoms with E-state index < -0.39 is 5.97 Å². The van der Waals surface area contributed by atoms with Crippen molar-refractivity contribution < 1.29 is 23.8 Å². The Balaban J connectivity index is 1.83. The zero-order valence-corrected chi connectivity index (χ0v) is 19.9. The summed E-state index contributed by atoms with van der Waals surface area (Å²) in [7, 11) is 4.38. The Labute approximate surface area is 197 Å². The fraction of sp³-hybridized carbons (Fsp3) is 0.375. The van der Waals surface area contributed by atoms with Gasteiger partial charge in [-0.15, -0.1) is 0 Å². The van der Waals surface area contributed by atoms with E-state index in [4.69, 9.17) is 14.2 Å². The van der Waals surface area contributed by atoms with Crippen molar-refractivity contribution in [3.63, 3.8) is 0 Å². The van der Waals surface area contributed by atoms with Gasteiger partial charge in [-0.3, -0.25) is 9.59 Å². The second-order valence-electron chi connectivity index (χ2n) is 7.71. The normalized spacial score (nSPS) is 10.6. The Kier molecular flexibility index (Phi) is 7.68. The predicted octanol–water partition coefficient (Wildman–Crippen LogP) is 2.37. The van der Waals surface area contributed by atoms with Gasteiger partial charge in [-0.1, -0.05) is 0 Å². The molecule has 3 rings (SSSR count). The van der Waals surface area contributed by atoms with E-state index in [1.807, 2.05) is 13.8 Å². The van der Waals surface area contributed by atoms with Crippen LogP contribution in [0, 0.1) is 25.2 Å². The molecule has 2 aromatic heterocycles. The third kappa shape index (κ3) is 5.26. The minimum absolute atomic E-state index is 0.152. The first-order valence-electron chi connectivity index (χ1n) is 10.6. The van der Waals surface area contributed by atoms with Gasteiger partial charge in [-0.2, -0.15) is 10.4 Å². The molecule has 0 aliphatic carbocycles. The Hall–Kier alpha value is -4.13. The van der Waals surface area contributed by atoms with Gasteiger partial charge < -0.3 is 19.1 Å². The number of rotatable bonds is 9. The van der Waals surface area contributed by atoms with Gasteiger partial charge in [0.05, 0.1) is 27.5 Å². The lowest BCUT2D eigenvalue weighted by Gasteiger charge is -2.22. The Morgan fingerprint density at radius 1 is 1.12 bits per heavy atom. The average molecular weight is 466 g/mol. The van der Waals surface area contributed by atoms with Crippen LogP contribution >= 0.6 is 0 Å². The smallest absolute Gasteiger partial charge is 0.325 e. The first-order valence-corrected chi connectivity index (χ1v) is 10.6. The van der Waals surface area contributed by atoms with Crippen molar-refractivity contribution in [2.75, 3.05) is 27.9 Å². The summed E-state index contributed by atoms with van der Waals surface area (Å²) in [5, 5.41) is 13.5. The van der Waals surface area contributed by atoms with E-state index in [0.29, 0.717) is 29.1 Å². The van der Waals surface area contributed by atoms with Crippen LogP contribution in [0.3, 0.4) is 0 Å². The average Bonchev–Trinajstić information content (AvgIpc) is 3.25. The molecule has 10 heteroatoms. The van der Waals surface area contributed by atoms with Crippen LogP contribution in [-0.2, 0) is 27.3 Å². The van der Waals surface area contributed by atoms with Gasteiger partial charge >= 0.3 is 5.97 Å². The number of esters is 1. The molecular weight excluding hydrogens is 438 g/mol. The molecule has 0 spiro atoms. The molecule has 0 atom stereocenters. The molecule has 178 valence electrons. The van der Waals surface area contributed by atoms with E-state index >= 15 is 0 Å². The highest BCUT2D eigenvalue weighted by atomic mass is 16.5. The summed E-state index contributed by atoms with van der Waals surface area (Å²) in [6.45, 7) is 3.72. The van der Waals surface area contributed by atoms with Crippen LogP contribution < -0.4 is 9.47 Å². The van der Waals surface area contributed by atoms with Crippen LogP contribution in [0.2, 0.25) is 0 Å². The number of hydrogen-bond donors (Lipinski definition) is 0. The number of nitrogens with zero attached hydrogens (tertiary/aromatic N) is 5. The molecule has 0 saturated carbocycles. The first-order chi connectivity index (χ1) is 16.3. The number of benzene rings is 1. The molecule has 0 bridgehead atoms. The summed E-state index contributed by atoms with van der Waals surface area (Å²) in [5.74, 6) is 0.436. The summed E-state index contributed by atoms with van der Waals surface area (Å²) in [5.41, 5.74) is 4.05. The van der Waals surface area contributed by atoms with Gasteiger partial charge in [0.25, 0.3) is 0 Å². The molecule has 1 amide bonds. The van der Waals surface area contributed by atoms with Gasteiger partial charge in [-0.25, -0.2) is 9.50 Å². The van der Waals surface area contributed by atoms with Gasteiger partial charge in [0.1, 0.15) is 29.7 Å². The highest BCUT2D eigenvalue weighted by Crippen LogP contribution is 2.24. The van der Waals surface area contributed by atoms with Gasteiger partial charge in [0.15, 0.2) is 5.65 Å². The molecule has 0 fully saturated rings. The number of carbonyl (C=O) groups is 2. The lowest BCUT2D eigenvalue weighted by molar-refractivity contribution is -0.147. The summed E-state index contributed by atoms with van der Waals surface area (Å²) in [6.07, 6.45) is 2.03. The van der Waals surface area contributed by atoms with E-state index in [1.165, 1.54) is 18.2 Å². The highest BCUT2D eigenvalue weighted by Gasteiger charge is 2.21. The molecule has 0 unspecified atom stereocenters. The number of hydrogen-bond acceptors (Lipinski definition) is 8. The molecule has 0 saturated heterocycles. The van der Waals surface area contributed by atoms with Crippen molar-refractivity contribution >= 4 is 17.5 Å². The number of ether oxygens (including phenoxy) is 3. The van der Waals surface area contributed by atoms with Crippen LogP contribution in [0.4, 0.5) is 0 Å². The molecule has 0 radical (unpaired) electrons. The third-order valence-corrected chi connectivity index (χ3v) is 5.60. The molecule has 2 heterocycles. The fourth-order valence-corrected chi connectivity index (χ4v) is 3.77. The lowest BCUT2D eigenvalue weighted by Crippen LogP contribution is -2.36. The summed E-state index contributed by atoms with van der Waals surface area (Å²) in [6, 6.07) is 7.39. The van der Waals surface area contributed by atoms with E-state index in [1.54, 1.807) is 36.9 Å². The van der Waals surface area contributed by atoms with E-state index in [2.05, 4.69) is 16.2 Å². The largest absolute Gasteiger partial charge is 0.497 e. The summed E-state index contributed by atoms with van der Waals surface area (Å²) in [4.78, 5) is 31.1. The van der Waals surface area contributed by atoms with Crippen molar-refractivity contribution in [1.29, 1.82) is 5.26 Å². The summed E-state index contributed by atoms with van der Waals surface area (Å²) < 4.78 is 17.0. The van der Waals surface area contributed by atoms with E-state index in [9.17, 15) is 14.9 Å². The van der Waals surface area contributed by atoms with Crippen molar-refractivity contribution in [2.24, 2.45) is 0 Å². The van der Waals surface area contributed by atoms with Crippen molar-refractivity contribution in [2.45, 2.75) is 33.2 Å². The van der Waals surface area contributed by atoms with Crippen molar-refractivity contribution in [3.8, 4) is 17.6 Å². The number of methoxy groups -OCH3 is 3. The molecule has 10 nitrogen and oxygen atoms in total. The number of nitriles is 1. The first kappa shape index (κ1) is 24.5. The zero-order valence-electron chi connectivity index (χ0n) is 19.9. The van der Waals surface area contributed by atoms with Crippen LogP contribution in [0.25, 0.3) is 5.65 Å².